The van der Waals surface area contributed by atoms with Crippen LogP contribution in [-0.4, -0.2) is 29.1 Å². The SMILES string of the molecule is NC12CCC(C1)N(C(=O)OCc1ccccc1)C2. The maximum absolute atomic E-state index is 12.0. The van der Waals surface area contributed by atoms with E-state index < -0.39 is 0 Å². The summed E-state index contributed by atoms with van der Waals surface area (Å²) < 4.78 is 5.34. The van der Waals surface area contributed by atoms with Crippen LogP contribution in [0.5, 0.6) is 0 Å². The number of piperidine rings is 1. The number of hydrogen-bond acceptors (Lipinski definition) is 3. The summed E-state index contributed by atoms with van der Waals surface area (Å²) in [5.41, 5.74) is 7.04. The molecule has 2 unspecified atom stereocenters. The fourth-order valence-electron chi connectivity index (χ4n) is 3.02. The first-order chi connectivity index (χ1) is 8.66. The molecule has 0 spiro atoms. The molecule has 1 aromatic carbocycles. The quantitative estimate of drug-likeness (QED) is 0.867. The Morgan fingerprint density at radius 2 is 2.22 bits per heavy atom. The van der Waals surface area contributed by atoms with Crippen molar-refractivity contribution >= 4 is 6.09 Å². The first-order valence-corrected chi connectivity index (χ1v) is 6.43. The maximum atomic E-state index is 12.0. The number of ether oxygens (including phenoxy) is 1. The van der Waals surface area contributed by atoms with Gasteiger partial charge in [0.25, 0.3) is 0 Å². The number of carbonyl (C=O) groups excluding carboxylic acids is 1. The van der Waals surface area contributed by atoms with E-state index in [1.54, 1.807) is 4.90 Å². The van der Waals surface area contributed by atoms with Crippen molar-refractivity contribution in [3.8, 4) is 0 Å². The molecule has 1 heterocycles. The van der Waals surface area contributed by atoms with E-state index in [9.17, 15) is 4.79 Å². The molecule has 2 atom stereocenters. The van der Waals surface area contributed by atoms with Crippen LogP contribution in [0.1, 0.15) is 24.8 Å². The molecule has 1 saturated carbocycles. The summed E-state index contributed by atoms with van der Waals surface area (Å²) >= 11 is 0. The molecule has 2 aliphatic rings. The molecule has 0 aromatic heterocycles. The average Bonchev–Trinajstić information content (AvgIpc) is 2.92. The first-order valence-electron chi connectivity index (χ1n) is 6.43. The van der Waals surface area contributed by atoms with Gasteiger partial charge in [-0.05, 0) is 24.8 Å². The van der Waals surface area contributed by atoms with Gasteiger partial charge in [0.05, 0.1) is 0 Å². The fraction of sp³-hybridized carbons (Fsp3) is 0.500. The lowest BCUT2D eigenvalue weighted by atomic mass is 10.0. The normalized spacial score (nSPS) is 29.6. The van der Waals surface area contributed by atoms with Gasteiger partial charge in [0.15, 0.2) is 0 Å². The smallest absolute Gasteiger partial charge is 0.410 e. The van der Waals surface area contributed by atoms with Crippen LogP contribution in [0.4, 0.5) is 4.79 Å². The number of nitrogens with zero attached hydrogens (tertiary/aromatic N) is 1. The predicted octanol–water partition coefficient (Wildman–Crippen LogP) is 1.89. The summed E-state index contributed by atoms with van der Waals surface area (Å²) in [5, 5.41) is 0. The molecule has 4 heteroatoms. The molecule has 1 amide bonds. The number of benzene rings is 1. The Hall–Kier alpha value is -1.55. The van der Waals surface area contributed by atoms with E-state index in [0.717, 1.165) is 24.8 Å². The molecule has 3 rings (SSSR count). The average molecular weight is 246 g/mol. The van der Waals surface area contributed by atoms with Gasteiger partial charge >= 0.3 is 6.09 Å². The van der Waals surface area contributed by atoms with E-state index in [0.29, 0.717) is 19.2 Å². The van der Waals surface area contributed by atoms with E-state index in [1.807, 2.05) is 30.3 Å². The summed E-state index contributed by atoms with van der Waals surface area (Å²) in [5.74, 6) is 0. The molecular formula is C14H18N2O2. The number of rotatable bonds is 2. The molecule has 1 saturated heterocycles. The third kappa shape index (κ3) is 2.08. The molecule has 2 bridgehead atoms. The monoisotopic (exact) mass is 246 g/mol. The van der Waals surface area contributed by atoms with Crippen LogP contribution in [0.15, 0.2) is 30.3 Å². The van der Waals surface area contributed by atoms with Gasteiger partial charge in [-0.15, -0.1) is 0 Å². The van der Waals surface area contributed by atoms with Gasteiger partial charge in [0, 0.05) is 18.1 Å². The highest BCUT2D eigenvalue weighted by Crippen LogP contribution is 2.39. The van der Waals surface area contributed by atoms with Gasteiger partial charge in [0.2, 0.25) is 0 Å². The molecule has 0 radical (unpaired) electrons. The zero-order chi connectivity index (χ0) is 12.6. The van der Waals surface area contributed by atoms with Crippen LogP contribution in [0, 0.1) is 0 Å². The summed E-state index contributed by atoms with van der Waals surface area (Å²) in [4.78, 5) is 13.8. The number of nitrogens with two attached hydrogens (primary N) is 1. The van der Waals surface area contributed by atoms with E-state index >= 15 is 0 Å². The highest BCUT2D eigenvalue weighted by atomic mass is 16.6. The molecule has 96 valence electrons. The van der Waals surface area contributed by atoms with Crippen LogP contribution in [-0.2, 0) is 11.3 Å². The zero-order valence-electron chi connectivity index (χ0n) is 10.3. The van der Waals surface area contributed by atoms with Gasteiger partial charge < -0.3 is 15.4 Å². The lowest BCUT2D eigenvalue weighted by Gasteiger charge is -2.29. The van der Waals surface area contributed by atoms with Gasteiger partial charge in [0.1, 0.15) is 6.61 Å². The van der Waals surface area contributed by atoms with Crippen molar-refractivity contribution in [2.45, 2.75) is 37.5 Å². The Morgan fingerprint density at radius 3 is 2.83 bits per heavy atom. The Morgan fingerprint density at radius 1 is 1.44 bits per heavy atom. The van der Waals surface area contributed by atoms with E-state index in [4.69, 9.17) is 10.5 Å². The minimum absolute atomic E-state index is 0.156. The fourth-order valence-corrected chi connectivity index (χ4v) is 3.02. The highest BCUT2D eigenvalue weighted by Gasteiger charge is 2.49. The largest absolute Gasteiger partial charge is 0.445 e. The van der Waals surface area contributed by atoms with Crippen molar-refractivity contribution < 1.29 is 9.53 Å². The molecule has 2 N–H and O–H groups in total. The Labute approximate surface area is 107 Å². The Bertz CT molecular complexity index is 448. The number of hydrogen-bond donors (Lipinski definition) is 1. The van der Waals surface area contributed by atoms with Crippen LogP contribution >= 0.6 is 0 Å². The molecule has 18 heavy (non-hydrogen) atoms. The molecule has 2 fully saturated rings. The summed E-state index contributed by atoms with van der Waals surface area (Å²) in [6.07, 6.45) is 2.74. The summed E-state index contributed by atoms with van der Waals surface area (Å²) in [7, 11) is 0. The third-order valence-electron chi connectivity index (χ3n) is 3.98. The first kappa shape index (κ1) is 11.5. The van der Waals surface area contributed by atoms with Gasteiger partial charge in [-0.3, -0.25) is 0 Å². The zero-order valence-corrected chi connectivity index (χ0v) is 10.3. The van der Waals surface area contributed by atoms with E-state index in [1.165, 1.54) is 0 Å². The second kappa shape index (κ2) is 4.28. The number of fused-ring (bicyclic) bond motifs is 2. The molecule has 1 aromatic rings. The molecular weight excluding hydrogens is 228 g/mol. The Kier molecular flexibility index (Phi) is 2.74. The van der Waals surface area contributed by atoms with Crippen molar-refractivity contribution in [2.24, 2.45) is 5.73 Å². The van der Waals surface area contributed by atoms with Crippen LogP contribution in [0.25, 0.3) is 0 Å². The number of amides is 1. The second-order valence-corrected chi connectivity index (χ2v) is 5.43. The van der Waals surface area contributed by atoms with Crippen molar-refractivity contribution in [1.29, 1.82) is 0 Å². The minimum Gasteiger partial charge on any atom is -0.445 e. The molecule has 1 aliphatic heterocycles. The van der Waals surface area contributed by atoms with Gasteiger partial charge in [-0.2, -0.15) is 0 Å². The lowest BCUT2D eigenvalue weighted by Crippen LogP contribution is -2.46. The second-order valence-electron chi connectivity index (χ2n) is 5.43. The maximum Gasteiger partial charge on any atom is 0.410 e. The van der Waals surface area contributed by atoms with Crippen molar-refractivity contribution in [3.05, 3.63) is 35.9 Å². The van der Waals surface area contributed by atoms with Gasteiger partial charge in [-0.25, -0.2) is 4.79 Å². The van der Waals surface area contributed by atoms with Crippen LogP contribution in [0.2, 0.25) is 0 Å². The molecule has 4 nitrogen and oxygen atoms in total. The standard InChI is InChI=1S/C14H18N2O2/c15-14-7-6-12(8-14)16(10-14)13(17)18-9-11-4-2-1-3-5-11/h1-5,12H,6-10,15H2. The lowest BCUT2D eigenvalue weighted by molar-refractivity contribution is 0.0838. The summed E-state index contributed by atoms with van der Waals surface area (Å²) in [6.45, 7) is 0.978. The van der Waals surface area contributed by atoms with Crippen LogP contribution < -0.4 is 5.73 Å². The number of likely N-dealkylation sites (tertiary alicyclic amines) is 1. The van der Waals surface area contributed by atoms with Crippen molar-refractivity contribution in [2.75, 3.05) is 6.54 Å². The number of carbonyl (C=O) groups is 1. The van der Waals surface area contributed by atoms with E-state index in [-0.39, 0.29) is 11.6 Å². The summed E-state index contributed by atoms with van der Waals surface area (Å²) in [6, 6.07) is 10.0. The minimum atomic E-state index is -0.226. The Balaban J connectivity index is 1.57. The van der Waals surface area contributed by atoms with Crippen molar-refractivity contribution in [3.63, 3.8) is 0 Å². The van der Waals surface area contributed by atoms with E-state index in [2.05, 4.69) is 0 Å². The predicted molar refractivity (Wildman–Crippen MR) is 67.9 cm³/mol. The van der Waals surface area contributed by atoms with Crippen LogP contribution in [0.3, 0.4) is 0 Å². The third-order valence-corrected chi connectivity index (χ3v) is 3.98. The highest BCUT2D eigenvalue weighted by molar-refractivity contribution is 5.69. The molecule has 1 aliphatic carbocycles. The van der Waals surface area contributed by atoms with Gasteiger partial charge in [-0.1, -0.05) is 30.3 Å². The topological polar surface area (TPSA) is 55.6 Å². The van der Waals surface area contributed by atoms with Crippen molar-refractivity contribution in [1.82, 2.24) is 4.90 Å².